The van der Waals surface area contributed by atoms with Crippen molar-refractivity contribution in [3.8, 4) is 0 Å². The Morgan fingerprint density at radius 2 is 1.67 bits per heavy atom. The minimum atomic E-state index is -0.0706. The molecule has 110 valence electrons. The SMILES string of the molecule is Cc1cc(C)cc(NCC(=O)Nc2ccc(C)cc2Br)c1. The topological polar surface area (TPSA) is 41.1 Å². The first-order chi connectivity index (χ1) is 9.94. The minimum absolute atomic E-state index is 0.0706. The number of benzene rings is 2. The average molecular weight is 347 g/mol. The van der Waals surface area contributed by atoms with Crippen LogP contribution >= 0.6 is 15.9 Å². The summed E-state index contributed by atoms with van der Waals surface area (Å²) in [6, 6.07) is 12.0. The molecular weight excluding hydrogens is 328 g/mol. The molecule has 2 aromatic carbocycles. The maximum Gasteiger partial charge on any atom is 0.243 e. The van der Waals surface area contributed by atoms with E-state index >= 15 is 0 Å². The van der Waals surface area contributed by atoms with E-state index < -0.39 is 0 Å². The third-order valence-electron chi connectivity index (χ3n) is 3.07. The molecule has 4 heteroatoms. The third kappa shape index (κ3) is 4.60. The van der Waals surface area contributed by atoms with Gasteiger partial charge in [0.25, 0.3) is 0 Å². The first-order valence-corrected chi connectivity index (χ1v) is 7.61. The number of hydrogen-bond donors (Lipinski definition) is 2. The molecule has 0 heterocycles. The molecule has 21 heavy (non-hydrogen) atoms. The van der Waals surface area contributed by atoms with Crippen LogP contribution in [-0.4, -0.2) is 12.5 Å². The molecule has 0 saturated carbocycles. The number of anilines is 2. The molecule has 0 saturated heterocycles. The Balaban J connectivity index is 1.95. The lowest BCUT2D eigenvalue weighted by Gasteiger charge is -2.11. The van der Waals surface area contributed by atoms with Gasteiger partial charge in [0.1, 0.15) is 0 Å². The van der Waals surface area contributed by atoms with Crippen LogP contribution in [0.25, 0.3) is 0 Å². The monoisotopic (exact) mass is 346 g/mol. The van der Waals surface area contributed by atoms with Crippen LogP contribution in [0, 0.1) is 20.8 Å². The lowest BCUT2D eigenvalue weighted by atomic mass is 10.1. The molecular formula is C17H19BrN2O. The molecule has 0 spiro atoms. The molecule has 1 amide bonds. The number of halogens is 1. The Morgan fingerprint density at radius 1 is 1.00 bits per heavy atom. The molecule has 0 radical (unpaired) electrons. The predicted octanol–water partition coefficient (Wildman–Crippen LogP) is 4.42. The van der Waals surface area contributed by atoms with Crippen molar-refractivity contribution in [3.05, 3.63) is 57.6 Å². The second-order valence-corrected chi connectivity index (χ2v) is 6.12. The summed E-state index contributed by atoms with van der Waals surface area (Å²) in [5.74, 6) is -0.0706. The number of nitrogens with one attached hydrogen (secondary N) is 2. The highest BCUT2D eigenvalue weighted by Gasteiger charge is 2.06. The normalized spacial score (nSPS) is 10.3. The van der Waals surface area contributed by atoms with Crippen LogP contribution in [-0.2, 0) is 4.79 Å². The molecule has 0 aliphatic carbocycles. The molecule has 0 aliphatic heterocycles. The molecule has 0 atom stereocenters. The van der Waals surface area contributed by atoms with Crippen LogP contribution in [0.5, 0.6) is 0 Å². The van der Waals surface area contributed by atoms with Gasteiger partial charge in [0.15, 0.2) is 0 Å². The first-order valence-electron chi connectivity index (χ1n) is 6.82. The number of aryl methyl sites for hydroxylation is 3. The van der Waals surface area contributed by atoms with Crippen molar-refractivity contribution in [1.29, 1.82) is 0 Å². The minimum Gasteiger partial charge on any atom is -0.376 e. The summed E-state index contributed by atoms with van der Waals surface area (Å²) in [6.45, 7) is 6.34. The van der Waals surface area contributed by atoms with Crippen LogP contribution in [0.2, 0.25) is 0 Å². The van der Waals surface area contributed by atoms with Crippen LogP contribution in [0.15, 0.2) is 40.9 Å². The first kappa shape index (κ1) is 15.6. The van der Waals surface area contributed by atoms with Gasteiger partial charge in [0.2, 0.25) is 5.91 Å². The summed E-state index contributed by atoms with van der Waals surface area (Å²) in [7, 11) is 0. The molecule has 0 aromatic heterocycles. The number of carbonyl (C=O) groups excluding carboxylic acids is 1. The maximum absolute atomic E-state index is 12.0. The quantitative estimate of drug-likeness (QED) is 0.859. The van der Waals surface area contributed by atoms with Gasteiger partial charge in [-0.05, 0) is 77.7 Å². The molecule has 0 unspecified atom stereocenters. The number of hydrogen-bond acceptors (Lipinski definition) is 2. The molecule has 2 aromatic rings. The summed E-state index contributed by atoms with van der Waals surface area (Å²) in [6.07, 6.45) is 0. The van der Waals surface area contributed by atoms with Gasteiger partial charge in [-0.25, -0.2) is 0 Å². The van der Waals surface area contributed by atoms with E-state index in [-0.39, 0.29) is 12.5 Å². The number of rotatable bonds is 4. The van der Waals surface area contributed by atoms with Gasteiger partial charge < -0.3 is 10.6 Å². The van der Waals surface area contributed by atoms with Crippen molar-refractivity contribution in [2.75, 3.05) is 17.2 Å². The van der Waals surface area contributed by atoms with E-state index in [0.717, 1.165) is 21.4 Å². The van der Waals surface area contributed by atoms with Crippen LogP contribution in [0.4, 0.5) is 11.4 Å². The van der Waals surface area contributed by atoms with E-state index in [1.165, 1.54) is 11.1 Å². The standard InChI is InChI=1S/C17H19BrN2O/c1-11-4-5-16(15(18)9-11)20-17(21)10-19-14-7-12(2)6-13(3)8-14/h4-9,19H,10H2,1-3H3,(H,20,21). The molecule has 0 bridgehead atoms. The maximum atomic E-state index is 12.0. The van der Waals surface area contributed by atoms with Crippen LogP contribution in [0.1, 0.15) is 16.7 Å². The zero-order valence-corrected chi connectivity index (χ0v) is 14.0. The third-order valence-corrected chi connectivity index (χ3v) is 3.73. The van der Waals surface area contributed by atoms with E-state index in [4.69, 9.17) is 0 Å². The summed E-state index contributed by atoms with van der Waals surface area (Å²) < 4.78 is 0.891. The highest BCUT2D eigenvalue weighted by molar-refractivity contribution is 9.10. The Morgan fingerprint density at radius 3 is 2.29 bits per heavy atom. The van der Waals surface area contributed by atoms with Crippen LogP contribution in [0.3, 0.4) is 0 Å². The number of amides is 1. The van der Waals surface area contributed by atoms with Gasteiger partial charge in [-0.1, -0.05) is 12.1 Å². The van der Waals surface area contributed by atoms with Crippen molar-refractivity contribution >= 4 is 33.2 Å². The highest BCUT2D eigenvalue weighted by atomic mass is 79.9. The van der Waals surface area contributed by atoms with E-state index in [9.17, 15) is 4.79 Å². The fraction of sp³-hybridized carbons (Fsp3) is 0.235. The second-order valence-electron chi connectivity index (χ2n) is 5.26. The van der Waals surface area contributed by atoms with Crippen molar-refractivity contribution in [3.63, 3.8) is 0 Å². The molecule has 2 N–H and O–H groups in total. The zero-order valence-electron chi connectivity index (χ0n) is 12.5. The zero-order chi connectivity index (χ0) is 15.4. The lowest BCUT2D eigenvalue weighted by Crippen LogP contribution is -2.22. The van der Waals surface area contributed by atoms with Gasteiger partial charge in [-0.2, -0.15) is 0 Å². The largest absolute Gasteiger partial charge is 0.376 e. The van der Waals surface area contributed by atoms with Gasteiger partial charge in [-0.3, -0.25) is 4.79 Å². The van der Waals surface area contributed by atoms with E-state index in [0.29, 0.717) is 0 Å². The van der Waals surface area contributed by atoms with E-state index in [2.05, 4.69) is 32.6 Å². The number of carbonyl (C=O) groups is 1. The van der Waals surface area contributed by atoms with Crippen molar-refractivity contribution in [2.24, 2.45) is 0 Å². The van der Waals surface area contributed by atoms with Crippen molar-refractivity contribution in [2.45, 2.75) is 20.8 Å². The molecule has 3 nitrogen and oxygen atoms in total. The van der Waals surface area contributed by atoms with E-state index in [1.807, 2.05) is 51.1 Å². The lowest BCUT2D eigenvalue weighted by molar-refractivity contribution is -0.114. The van der Waals surface area contributed by atoms with Gasteiger partial charge in [0, 0.05) is 10.2 Å². The Labute approximate surface area is 133 Å². The van der Waals surface area contributed by atoms with Gasteiger partial charge >= 0.3 is 0 Å². The Hall–Kier alpha value is -1.81. The fourth-order valence-corrected chi connectivity index (χ4v) is 2.77. The summed E-state index contributed by atoms with van der Waals surface area (Å²) in [5.41, 5.74) is 5.25. The van der Waals surface area contributed by atoms with Crippen molar-refractivity contribution in [1.82, 2.24) is 0 Å². The fourth-order valence-electron chi connectivity index (χ4n) is 2.17. The van der Waals surface area contributed by atoms with Crippen LogP contribution < -0.4 is 10.6 Å². The molecule has 2 rings (SSSR count). The molecule has 0 aliphatic rings. The Bertz CT molecular complexity index is 648. The highest BCUT2D eigenvalue weighted by Crippen LogP contribution is 2.23. The summed E-state index contributed by atoms with van der Waals surface area (Å²) >= 11 is 3.46. The van der Waals surface area contributed by atoms with E-state index in [1.54, 1.807) is 0 Å². The molecule has 0 fully saturated rings. The Kier molecular flexibility index (Phi) is 5.02. The van der Waals surface area contributed by atoms with Crippen molar-refractivity contribution < 1.29 is 4.79 Å². The van der Waals surface area contributed by atoms with Gasteiger partial charge in [-0.15, -0.1) is 0 Å². The summed E-state index contributed by atoms with van der Waals surface area (Å²) in [4.78, 5) is 12.0. The van der Waals surface area contributed by atoms with Gasteiger partial charge in [0.05, 0.1) is 12.2 Å². The smallest absolute Gasteiger partial charge is 0.243 e. The predicted molar refractivity (Wildman–Crippen MR) is 91.9 cm³/mol. The second kappa shape index (κ2) is 6.76. The summed E-state index contributed by atoms with van der Waals surface area (Å²) in [5, 5.41) is 6.04. The average Bonchev–Trinajstić information content (AvgIpc) is 2.39.